The number of pyridine rings is 1. The Morgan fingerprint density at radius 3 is 2.68 bits per heavy atom. The van der Waals surface area contributed by atoms with Gasteiger partial charge in [0.05, 0.1) is 14.2 Å². The van der Waals surface area contributed by atoms with Crippen LogP contribution in [0.3, 0.4) is 0 Å². The molecule has 31 heavy (non-hydrogen) atoms. The van der Waals surface area contributed by atoms with Gasteiger partial charge in [-0.05, 0) is 54.8 Å². The number of nitrogens with zero attached hydrogens (tertiary/aromatic N) is 2. The fourth-order valence-corrected chi connectivity index (χ4v) is 5.95. The summed E-state index contributed by atoms with van der Waals surface area (Å²) in [7, 11) is -0.401. The van der Waals surface area contributed by atoms with E-state index in [1.54, 1.807) is 30.7 Å². The Morgan fingerprint density at radius 2 is 2.00 bits per heavy atom. The Balaban J connectivity index is 1.70. The molecule has 1 saturated heterocycles. The first kappa shape index (κ1) is 23.7. The average molecular weight is 466 g/mol. The molecule has 2 aromatic rings. The van der Waals surface area contributed by atoms with E-state index in [1.165, 1.54) is 6.20 Å². The van der Waals surface area contributed by atoms with E-state index in [1.807, 2.05) is 30.0 Å². The van der Waals surface area contributed by atoms with Crippen molar-refractivity contribution in [2.24, 2.45) is 0 Å². The highest BCUT2D eigenvalue weighted by atomic mass is 32.2. The molecule has 1 aromatic carbocycles. The van der Waals surface area contributed by atoms with E-state index in [9.17, 15) is 8.42 Å². The van der Waals surface area contributed by atoms with Crippen molar-refractivity contribution in [2.75, 3.05) is 44.1 Å². The van der Waals surface area contributed by atoms with Crippen molar-refractivity contribution in [3.63, 3.8) is 0 Å². The normalized spacial score (nSPS) is 16.9. The molecule has 2 heterocycles. The van der Waals surface area contributed by atoms with Crippen molar-refractivity contribution in [1.82, 2.24) is 9.29 Å². The second-order valence-electron chi connectivity index (χ2n) is 7.31. The first-order valence-corrected chi connectivity index (χ1v) is 13.1. The number of methoxy groups -OCH3 is 2. The molecule has 1 atom stereocenters. The van der Waals surface area contributed by atoms with Gasteiger partial charge < -0.3 is 14.8 Å². The van der Waals surface area contributed by atoms with Crippen LogP contribution in [0.4, 0.5) is 5.82 Å². The van der Waals surface area contributed by atoms with Crippen LogP contribution in [0.25, 0.3) is 0 Å². The largest absolute Gasteiger partial charge is 0.493 e. The molecule has 0 spiro atoms. The van der Waals surface area contributed by atoms with Gasteiger partial charge in [0.2, 0.25) is 10.0 Å². The molecule has 0 unspecified atom stereocenters. The van der Waals surface area contributed by atoms with Gasteiger partial charge in [-0.2, -0.15) is 16.1 Å². The van der Waals surface area contributed by atoms with Gasteiger partial charge in [-0.3, -0.25) is 0 Å². The quantitative estimate of drug-likeness (QED) is 0.507. The molecule has 7 nitrogen and oxygen atoms in total. The number of hydrogen-bond donors (Lipinski definition) is 1. The summed E-state index contributed by atoms with van der Waals surface area (Å²) in [6, 6.07) is 9.03. The number of rotatable bonds is 11. The zero-order chi connectivity index (χ0) is 22.3. The van der Waals surface area contributed by atoms with Crippen LogP contribution in [0.1, 0.15) is 25.3 Å². The molecule has 170 valence electrons. The van der Waals surface area contributed by atoms with Crippen LogP contribution in [-0.2, 0) is 16.4 Å². The zero-order valence-electron chi connectivity index (χ0n) is 18.3. The molecule has 1 aromatic heterocycles. The van der Waals surface area contributed by atoms with Gasteiger partial charge in [0.1, 0.15) is 10.7 Å². The van der Waals surface area contributed by atoms with Crippen molar-refractivity contribution in [3.05, 3.63) is 42.1 Å². The number of aromatic nitrogens is 1. The molecule has 0 bridgehead atoms. The maximum absolute atomic E-state index is 13.3. The van der Waals surface area contributed by atoms with Gasteiger partial charge in [0.15, 0.2) is 11.5 Å². The lowest BCUT2D eigenvalue weighted by atomic mass is 10.0. The van der Waals surface area contributed by atoms with Crippen molar-refractivity contribution in [2.45, 2.75) is 37.1 Å². The van der Waals surface area contributed by atoms with E-state index < -0.39 is 10.0 Å². The predicted molar refractivity (Wildman–Crippen MR) is 126 cm³/mol. The number of sulfonamides is 1. The fourth-order valence-electron chi connectivity index (χ4n) is 3.78. The standard InChI is InChI=1S/C22H31N3O4S2/c1-4-30-13-11-23-22-10-8-19(16-24-22)31(26,27)25-12-5-6-18(25)14-17-7-9-20(28-2)21(15-17)29-3/h7-10,15-16,18H,4-6,11-14H2,1-3H3,(H,23,24)/t18-/m1/s1. The number of thioether (sulfide) groups is 1. The fraction of sp³-hybridized carbons (Fsp3) is 0.500. The van der Waals surface area contributed by atoms with E-state index in [-0.39, 0.29) is 10.9 Å². The van der Waals surface area contributed by atoms with Crippen molar-refractivity contribution >= 4 is 27.6 Å². The number of benzene rings is 1. The van der Waals surface area contributed by atoms with Crippen LogP contribution >= 0.6 is 11.8 Å². The summed E-state index contributed by atoms with van der Waals surface area (Å²) >= 11 is 1.85. The summed E-state index contributed by atoms with van der Waals surface area (Å²) in [5.74, 6) is 4.07. The second-order valence-corrected chi connectivity index (χ2v) is 10.6. The molecule has 3 rings (SSSR count). The molecule has 1 N–H and O–H groups in total. The Morgan fingerprint density at radius 1 is 1.19 bits per heavy atom. The highest BCUT2D eigenvalue weighted by Gasteiger charge is 2.35. The molecule has 0 amide bonds. The van der Waals surface area contributed by atoms with Gasteiger partial charge >= 0.3 is 0 Å². The summed E-state index contributed by atoms with van der Waals surface area (Å²) in [6.45, 7) is 3.45. The third-order valence-electron chi connectivity index (χ3n) is 5.34. The SMILES string of the molecule is CCSCCNc1ccc(S(=O)(=O)N2CCC[C@@H]2Cc2ccc(OC)c(OC)c2)cn1. The first-order chi connectivity index (χ1) is 15.0. The van der Waals surface area contributed by atoms with E-state index in [4.69, 9.17) is 9.47 Å². The summed E-state index contributed by atoms with van der Waals surface area (Å²) in [5.41, 5.74) is 1.02. The lowest BCUT2D eigenvalue weighted by Gasteiger charge is -2.24. The van der Waals surface area contributed by atoms with Crippen molar-refractivity contribution in [3.8, 4) is 11.5 Å². The minimum absolute atomic E-state index is 0.0908. The van der Waals surface area contributed by atoms with E-state index >= 15 is 0 Å². The Bertz CT molecular complexity index is 952. The smallest absolute Gasteiger partial charge is 0.244 e. The van der Waals surface area contributed by atoms with Crippen LogP contribution in [-0.4, -0.2) is 62.6 Å². The lowest BCUT2D eigenvalue weighted by Crippen LogP contribution is -2.36. The number of anilines is 1. The van der Waals surface area contributed by atoms with Gasteiger partial charge in [-0.25, -0.2) is 13.4 Å². The molecule has 1 fully saturated rings. The van der Waals surface area contributed by atoms with Crippen LogP contribution in [0.2, 0.25) is 0 Å². The van der Waals surface area contributed by atoms with Crippen LogP contribution in [0.15, 0.2) is 41.4 Å². The number of nitrogens with one attached hydrogen (secondary N) is 1. The highest BCUT2D eigenvalue weighted by molar-refractivity contribution is 7.99. The Labute approximate surface area is 189 Å². The van der Waals surface area contributed by atoms with Crippen LogP contribution < -0.4 is 14.8 Å². The maximum atomic E-state index is 13.3. The molecular formula is C22H31N3O4S2. The van der Waals surface area contributed by atoms with Gasteiger partial charge in [-0.1, -0.05) is 13.0 Å². The maximum Gasteiger partial charge on any atom is 0.244 e. The monoisotopic (exact) mass is 465 g/mol. The minimum Gasteiger partial charge on any atom is -0.493 e. The number of ether oxygens (including phenoxy) is 2. The van der Waals surface area contributed by atoms with Gasteiger partial charge in [-0.15, -0.1) is 0 Å². The molecule has 9 heteroatoms. The highest BCUT2D eigenvalue weighted by Crippen LogP contribution is 2.32. The average Bonchev–Trinajstić information content (AvgIpc) is 3.26. The lowest BCUT2D eigenvalue weighted by molar-refractivity contribution is 0.353. The molecule has 1 aliphatic rings. The molecule has 1 aliphatic heterocycles. The Hall–Kier alpha value is -1.97. The van der Waals surface area contributed by atoms with E-state index in [2.05, 4.69) is 17.2 Å². The summed E-state index contributed by atoms with van der Waals surface area (Å²) < 4.78 is 38.9. The zero-order valence-corrected chi connectivity index (χ0v) is 20.0. The first-order valence-electron chi connectivity index (χ1n) is 10.5. The third kappa shape index (κ3) is 5.84. The Kier molecular flexibility index (Phi) is 8.45. The van der Waals surface area contributed by atoms with Crippen LogP contribution in [0.5, 0.6) is 11.5 Å². The van der Waals surface area contributed by atoms with Gasteiger partial charge in [0, 0.05) is 31.1 Å². The van der Waals surface area contributed by atoms with Gasteiger partial charge in [0.25, 0.3) is 0 Å². The number of hydrogen-bond acceptors (Lipinski definition) is 7. The molecule has 0 aliphatic carbocycles. The van der Waals surface area contributed by atoms with E-state index in [0.29, 0.717) is 30.3 Å². The second kappa shape index (κ2) is 11.1. The molecule has 0 saturated carbocycles. The minimum atomic E-state index is -3.60. The third-order valence-corrected chi connectivity index (χ3v) is 8.18. The van der Waals surface area contributed by atoms with Crippen molar-refractivity contribution in [1.29, 1.82) is 0 Å². The summed E-state index contributed by atoms with van der Waals surface area (Å²) in [6.07, 6.45) is 3.76. The topological polar surface area (TPSA) is 80.8 Å². The summed E-state index contributed by atoms with van der Waals surface area (Å²) in [4.78, 5) is 4.54. The van der Waals surface area contributed by atoms with Crippen LogP contribution in [0, 0.1) is 0 Å². The summed E-state index contributed by atoms with van der Waals surface area (Å²) in [5, 5.41) is 3.23. The van der Waals surface area contributed by atoms with E-state index in [0.717, 1.165) is 36.5 Å². The molecule has 0 radical (unpaired) electrons. The predicted octanol–water partition coefficient (Wildman–Crippen LogP) is 3.66. The molecular weight excluding hydrogens is 434 g/mol. The van der Waals surface area contributed by atoms with Crippen molar-refractivity contribution < 1.29 is 17.9 Å².